The van der Waals surface area contributed by atoms with Gasteiger partial charge in [-0.2, -0.15) is 0 Å². The summed E-state index contributed by atoms with van der Waals surface area (Å²) in [6, 6.07) is 5.75. The highest BCUT2D eigenvalue weighted by Crippen LogP contribution is 2.25. The Morgan fingerprint density at radius 2 is 2.12 bits per heavy atom. The second-order valence-electron chi connectivity index (χ2n) is 3.51. The van der Waals surface area contributed by atoms with Crippen molar-refractivity contribution in [3.05, 3.63) is 27.7 Å². The summed E-state index contributed by atoms with van der Waals surface area (Å²) in [6.07, 6.45) is 0.937. The molecule has 5 heteroatoms. The van der Waals surface area contributed by atoms with Gasteiger partial charge in [-0.15, -0.1) is 0 Å². The Hall–Kier alpha value is -0.290. The lowest BCUT2D eigenvalue weighted by Crippen LogP contribution is -2.08. The smallest absolute Gasteiger partial charge is 0.0700 e. The van der Waals surface area contributed by atoms with Gasteiger partial charge in [0.2, 0.25) is 0 Å². The molecule has 0 aliphatic heterocycles. The molecule has 0 radical (unpaired) electrons. The first-order valence-electron chi connectivity index (χ1n) is 5.49. The third-order valence-electron chi connectivity index (χ3n) is 2.14. The monoisotopic (exact) mass is 321 g/mol. The Bertz CT molecular complexity index is 336. The fraction of sp³-hybridized carbons (Fsp3) is 0.500. The molecule has 0 spiro atoms. The summed E-state index contributed by atoms with van der Waals surface area (Å²) in [6.45, 7) is 2.85. The molecule has 1 aromatic carbocycles. The van der Waals surface area contributed by atoms with Crippen LogP contribution in [0.1, 0.15) is 6.42 Å². The van der Waals surface area contributed by atoms with Crippen molar-refractivity contribution < 1.29 is 9.47 Å². The van der Waals surface area contributed by atoms with Crippen molar-refractivity contribution in [2.75, 3.05) is 38.8 Å². The van der Waals surface area contributed by atoms with Gasteiger partial charge in [-0.1, -0.05) is 27.5 Å². The normalized spacial score (nSPS) is 10.5. The Labute approximate surface area is 116 Å². The largest absolute Gasteiger partial charge is 0.384 e. The molecule has 17 heavy (non-hydrogen) atoms. The molecule has 96 valence electrons. The maximum Gasteiger partial charge on any atom is 0.0700 e. The van der Waals surface area contributed by atoms with Gasteiger partial charge >= 0.3 is 0 Å². The van der Waals surface area contributed by atoms with E-state index in [-0.39, 0.29) is 0 Å². The van der Waals surface area contributed by atoms with Gasteiger partial charge in [-0.25, -0.2) is 0 Å². The maximum atomic E-state index is 6.05. The summed E-state index contributed by atoms with van der Waals surface area (Å²) in [5, 5.41) is 4.00. The van der Waals surface area contributed by atoms with Crippen LogP contribution in [-0.4, -0.2) is 33.5 Å². The number of anilines is 1. The lowest BCUT2D eigenvalue weighted by Gasteiger charge is -2.09. The number of benzene rings is 1. The predicted molar refractivity (Wildman–Crippen MR) is 75.0 cm³/mol. The number of methoxy groups -OCH3 is 1. The number of hydrogen-bond donors (Lipinski definition) is 1. The molecule has 0 aliphatic carbocycles. The van der Waals surface area contributed by atoms with Crippen LogP contribution >= 0.6 is 27.5 Å². The molecule has 0 fully saturated rings. The molecule has 0 aromatic heterocycles. The minimum Gasteiger partial charge on any atom is -0.384 e. The second kappa shape index (κ2) is 8.75. The Balaban J connectivity index is 2.15. The number of hydrogen-bond acceptors (Lipinski definition) is 3. The average Bonchev–Trinajstić information content (AvgIpc) is 2.32. The van der Waals surface area contributed by atoms with E-state index in [2.05, 4.69) is 21.2 Å². The van der Waals surface area contributed by atoms with E-state index in [0.717, 1.165) is 34.8 Å². The summed E-state index contributed by atoms with van der Waals surface area (Å²) >= 11 is 9.46. The van der Waals surface area contributed by atoms with Crippen LogP contribution in [0.4, 0.5) is 5.69 Å². The van der Waals surface area contributed by atoms with Crippen molar-refractivity contribution in [2.24, 2.45) is 0 Å². The molecule has 0 unspecified atom stereocenters. The molecular weight excluding hydrogens is 305 g/mol. The van der Waals surface area contributed by atoms with E-state index >= 15 is 0 Å². The van der Waals surface area contributed by atoms with Crippen molar-refractivity contribution in [3.63, 3.8) is 0 Å². The van der Waals surface area contributed by atoms with Crippen LogP contribution in [0, 0.1) is 0 Å². The summed E-state index contributed by atoms with van der Waals surface area (Å²) in [5.74, 6) is 0. The average molecular weight is 323 g/mol. The maximum absolute atomic E-state index is 6.05. The number of ether oxygens (including phenoxy) is 2. The first-order chi connectivity index (χ1) is 8.24. The van der Waals surface area contributed by atoms with Crippen molar-refractivity contribution in [3.8, 4) is 0 Å². The zero-order valence-electron chi connectivity index (χ0n) is 9.84. The first kappa shape index (κ1) is 14.8. The summed E-state index contributed by atoms with van der Waals surface area (Å²) in [4.78, 5) is 0. The molecule has 0 saturated carbocycles. The molecule has 0 bridgehead atoms. The van der Waals surface area contributed by atoms with E-state index in [1.54, 1.807) is 7.11 Å². The zero-order valence-corrected chi connectivity index (χ0v) is 12.2. The lowest BCUT2D eigenvalue weighted by atomic mass is 10.3. The van der Waals surface area contributed by atoms with Crippen LogP contribution in [0.15, 0.2) is 22.7 Å². The highest BCUT2D eigenvalue weighted by atomic mass is 79.9. The molecular formula is C12H17BrClNO2. The van der Waals surface area contributed by atoms with Gasteiger partial charge in [-0.05, 0) is 24.6 Å². The first-order valence-corrected chi connectivity index (χ1v) is 6.66. The van der Waals surface area contributed by atoms with E-state index in [9.17, 15) is 0 Å². The van der Waals surface area contributed by atoms with Crippen LogP contribution in [0.5, 0.6) is 0 Å². The third kappa shape index (κ3) is 6.27. The van der Waals surface area contributed by atoms with Gasteiger partial charge in [0.1, 0.15) is 0 Å². The topological polar surface area (TPSA) is 30.5 Å². The molecule has 0 amide bonds. The Morgan fingerprint density at radius 3 is 2.88 bits per heavy atom. The Morgan fingerprint density at radius 1 is 1.29 bits per heavy atom. The van der Waals surface area contributed by atoms with Gasteiger partial charge in [-0.3, -0.25) is 0 Å². The van der Waals surface area contributed by atoms with E-state index in [0.29, 0.717) is 13.2 Å². The Kier molecular flexibility index (Phi) is 7.60. The van der Waals surface area contributed by atoms with Crippen LogP contribution in [0.2, 0.25) is 5.02 Å². The van der Waals surface area contributed by atoms with Gasteiger partial charge in [0.15, 0.2) is 0 Å². The van der Waals surface area contributed by atoms with Gasteiger partial charge < -0.3 is 14.8 Å². The second-order valence-corrected chi connectivity index (χ2v) is 4.83. The van der Waals surface area contributed by atoms with Crippen LogP contribution in [-0.2, 0) is 9.47 Å². The van der Waals surface area contributed by atoms with Gasteiger partial charge in [0.25, 0.3) is 0 Å². The van der Waals surface area contributed by atoms with E-state index in [1.807, 2.05) is 18.2 Å². The third-order valence-corrected chi connectivity index (χ3v) is 2.96. The number of rotatable bonds is 8. The molecule has 1 aromatic rings. The molecule has 0 heterocycles. The van der Waals surface area contributed by atoms with Gasteiger partial charge in [0.05, 0.1) is 23.9 Å². The van der Waals surface area contributed by atoms with E-state index < -0.39 is 0 Å². The predicted octanol–water partition coefficient (Wildman–Crippen LogP) is 3.57. The summed E-state index contributed by atoms with van der Waals surface area (Å²) in [7, 11) is 1.67. The van der Waals surface area contributed by atoms with Crippen molar-refractivity contribution >= 4 is 33.2 Å². The fourth-order valence-electron chi connectivity index (χ4n) is 1.27. The van der Waals surface area contributed by atoms with Crippen molar-refractivity contribution in [2.45, 2.75) is 6.42 Å². The molecule has 3 nitrogen and oxygen atoms in total. The zero-order chi connectivity index (χ0) is 12.5. The van der Waals surface area contributed by atoms with Gasteiger partial charge in [0, 0.05) is 24.7 Å². The highest BCUT2D eigenvalue weighted by Gasteiger charge is 1.99. The van der Waals surface area contributed by atoms with Crippen LogP contribution in [0.3, 0.4) is 0 Å². The van der Waals surface area contributed by atoms with E-state index in [1.165, 1.54) is 0 Å². The molecule has 0 atom stereocenters. The minimum atomic E-state index is 0.644. The lowest BCUT2D eigenvalue weighted by molar-refractivity contribution is 0.0705. The highest BCUT2D eigenvalue weighted by molar-refractivity contribution is 9.10. The quantitative estimate of drug-likeness (QED) is 0.742. The molecule has 1 N–H and O–H groups in total. The van der Waals surface area contributed by atoms with Crippen LogP contribution in [0.25, 0.3) is 0 Å². The standard InChI is InChI=1S/C12H17BrClNO2/c1-16-7-8-17-6-2-5-15-12-9-10(13)3-4-11(12)14/h3-4,9,15H,2,5-8H2,1H3. The summed E-state index contributed by atoms with van der Waals surface area (Å²) < 4.78 is 11.3. The molecule has 1 rings (SSSR count). The molecule has 0 aliphatic rings. The minimum absolute atomic E-state index is 0.644. The fourth-order valence-corrected chi connectivity index (χ4v) is 1.82. The SMILES string of the molecule is COCCOCCCNc1cc(Br)ccc1Cl. The van der Waals surface area contributed by atoms with Crippen molar-refractivity contribution in [1.82, 2.24) is 0 Å². The van der Waals surface area contributed by atoms with E-state index in [4.69, 9.17) is 21.1 Å². The number of halogens is 2. The van der Waals surface area contributed by atoms with Crippen LogP contribution < -0.4 is 5.32 Å². The van der Waals surface area contributed by atoms with Crippen molar-refractivity contribution in [1.29, 1.82) is 0 Å². The molecule has 0 saturated heterocycles. The summed E-state index contributed by atoms with van der Waals surface area (Å²) in [5.41, 5.74) is 0.943. The number of nitrogens with one attached hydrogen (secondary N) is 1.